The molecule has 4 heteroatoms. The van der Waals surface area contributed by atoms with E-state index in [4.69, 9.17) is 0 Å². The molecule has 0 aliphatic carbocycles. The summed E-state index contributed by atoms with van der Waals surface area (Å²) >= 11 is 0. The van der Waals surface area contributed by atoms with Gasteiger partial charge in [0.25, 0.3) is 0 Å². The Kier molecular flexibility index (Phi) is 6.76. The van der Waals surface area contributed by atoms with Gasteiger partial charge in [-0.2, -0.15) is 0 Å². The third-order valence-electron chi connectivity index (χ3n) is 1.49. The SMILES string of the molecule is CPCCP(N(C)C)N(C)C. The first-order chi connectivity index (χ1) is 5.09. The number of hydrogen-bond donors (Lipinski definition) is 0. The minimum atomic E-state index is -0.0109. The highest BCUT2D eigenvalue weighted by Crippen LogP contribution is 2.39. The summed E-state index contributed by atoms with van der Waals surface area (Å²) in [6.07, 6.45) is 2.73. The van der Waals surface area contributed by atoms with Crippen LogP contribution in [0, 0.1) is 0 Å². The molecule has 0 N–H and O–H groups in total. The zero-order valence-electron chi connectivity index (χ0n) is 8.26. The van der Waals surface area contributed by atoms with Crippen LogP contribution in [0.5, 0.6) is 0 Å². The monoisotopic (exact) mass is 194 g/mol. The van der Waals surface area contributed by atoms with Gasteiger partial charge in [-0.05, 0) is 47.2 Å². The fourth-order valence-electron chi connectivity index (χ4n) is 0.970. The summed E-state index contributed by atoms with van der Waals surface area (Å²) < 4.78 is 4.69. The molecule has 0 fully saturated rings. The van der Waals surface area contributed by atoms with Gasteiger partial charge in [0, 0.05) is 8.22 Å². The summed E-state index contributed by atoms with van der Waals surface area (Å²) in [5, 5.41) is 0. The average Bonchev–Trinajstić information content (AvgIpc) is 1.87. The van der Waals surface area contributed by atoms with Crippen molar-refractivity contribution in [3.05, 3.63) is 0 Å². The standard InChI is InChI=1S/C7H20N2P2/c1-8(2)11(9(3)4)7-6-10-5/h10H,6-7H2,1-5H3. The summed E-state index contributed by atoms with van der Waals surface area (Å²) in [5.41, 5.74) is 0. The highest BCUT2D eigenvalue weighted by atomic mass is 31.1. The first-order valence-corrected chi connectivity index (χ1v) is 7.00. The van der Waals surface area contributed by atoms with Crippen LogP contribution >= 0.6 is 16.8 Å². The van der Waals surface area contributed by atoms with Gasteiger partial charge in [-0.3, -0.25) is 9.34 Å². The molecule has 11 heavy (non-hydrogen) atoms. The maximum absolute atomic E-state index is 2.34. The lowest BCUT2D eigenvalue weighted by atomic mass is 11.0. The molecule has 0 spiro atoms. The van der Waals surface area contributed by atoms with Crippen molar-refractivity contribution in [2.75, 3.05) is 47.2 Å². The molecular weight excluding hydrogens is 174 g/mol. The van der Waals surface area contributed by atoms with Crippen molar-refractivity contribution < 1.29 is 0 Å². The maximum atomic E-state index is 2.34. The van der Waals surface area contributed by atoms with E-state index in [1.165, 1.54) is 12.3 Å². The van der Waals surface area contributed by atoms with E-state index in [2.05, 4.69) is 44.2 Å². The third kappa shape index (κ3) is 5.09. The van der Waals surface area contributed by atoms with E-state index in [0.29, 0.717) is 0 Å². The van der Waals surface area contributed by atoms with Gasteiger partial charge in [0.15, 0.2) is 0 Å². The van der Waals surface area contributed by atoms with Crippen molar-refractivity contribution in [2.24, 2.45) is 0 Å². The summed E-state index contributed by atoms with van der Waals surface area (Å²) in [5.74, 6) is 0. The number of nitrogens with zero attached hydrogens (tertiary/aromatic N) is 2. The van der Waals surface area contributed by atoms with E-state index in [0.717, 1.165) is 8.58 Å². The molecule has 0 saturated carbocycles. The lowest BCUT2D eigenvalue weighted by Gasteiger charge is -2.29. The van der Waals surface area contributed by atoms with E-state index in [1.54, 1.807) is 0 Å². The molecule has 0 aromatic carbocycles. The molecule has 0 saturated heterocycles. The molecule has 0 amide bonds. The summed E-state index contributed by atoms with van der Waals surface area (Å²) in [4.78, 5) is 0. The van der Waals surface area contributed by atoms with Crippen LogP contribution in [0.3, 0.4) is 0 Å². The minimum Gasteiger partial charge on any atom is -0.276 e. The smallest absolute Gasteiger partial charge is 0.0387 e. The largest absolute Gasteiger partial charge is 0.276 e. The second-order valence-corrected chi connectivity index (χ2v) is 6.89. The summed E-state index contributed by atoms with van der Waals surface area (Å²) in [6.45, 7) is 2.28. The Morgan fingerprint density at radius 1 is 1.09 bits per heavy atom. The van der Waals surface area contributed by atoms with Gasteiger partial charge in [0.1, 0.15) is 0 Å². The van der Waals surface area contributed by atoms with Crippen LogP contribution in [-0.4, -0.2) is 56.5 Å². The quantitative estimate of drug-likeness (QED) is 0.615. The molecule has 0 aromatic heterocycles. The second-order valence-electron chi connectivity index (χ2n) is 2.89. The Hall–Kier alpha value is 0.780. The summed E-state index contributed by atoms with van der Waals surface area (Å²) in [6, 6.07) is 0. The van der Waals surface area contributed by atoms with Crippen LogP contribution in [0.2, 0.25) is 0 Å². The predicted octanol–water partition coefficient (Wildman–Crippen LogP) is 1.73. The van der Waals surface area contributed by atoms with Crippen LogP contribution in [0.25, 0.3) is 0 Å². The van der Waals surface area contributed by atoms with Gasteiger partial charge in [-0.25, -0.2) is 0 Å². The van der Waals surface area contributed by atoms with E-state index < -0.39 is 0 Å². The van der Waals surface area contributed by atoms with Crippen LogP contribution in [-0.2, 0) is 0 Å². The van der Waals surface area contributed by atoms with E-state index in [9.17, 15) is 0 Å². The molecular formula is C7H20N2P2. The third-order valence-corrected chi connectivity index (χ3v) is 5.13. The Labute approximate surface area is 74.0 Å². The van der Waals surface area contributed by atoms with Crippen LogP contribution in [0.4, 0.5) is 0 Å². The molecule has 1 atom stereocenters. The highest BCUT2D eigenvalue weighted by molar-refractivity contribution is 7.53. The zero-order chi connectivity index (χ0) is 8.85. The Morgan fingerprint density at radius 2 is 1.55 bits per heavy atom. The van der Waals surface area contributed by atoms with E-state index >= 15 is 0 Å². The van der Waals surface area contributed by atoms with Crippen LogP contribution < -0.4 is 0 Å². The van der Waals surface area contributed by atoms with Crippen molar-refractivity contribution in [3.63, 3.8) is 0 Å². The first-order valence-electron chi connectivity index (χ1n) is 3.86. The lowest BCUT2D eigenvalue weighted by Crippen LogP contribution is -2.19. The highest BCUT2D eigenvalue weighted by Gasteiger charge is 2.11. The van der Waals surface area contributed by atoms with Crippen molar-refractivity contribution >= 4 is 16.8 Å². The van der Waals surface area contributed by atoms with Crippen LogP contribution in [0.15, 0.2) is 0 Å². The molecule has 2 nitrogen and oxygen atoms in total. The Morgan fingerprint density at radius 3 is 1.82 bits per heavy atom. The number of rotatable bonds is 5. The van der Waals surface area contributed by atoms with E-state index in [-0.39, 0.29) is 8.22 Å². The van der Waals surface area contributed by atoms with Gasteiger partial charge in [0.2, 0.25) is 0 Å². The van der Waals surface area contributed by atoms with E-state index in [1.807, 2.05) is 0 Å². The van der Waals surface area contributed by atoms with Crippen molar-refractivity contribution in [3.8, 4) is 0 Å². The summed E-state index contributed by atoms with van der Waals surface area (Å²) in [7, 11) is 9.77. The normalized spacial score (nSPS) is 13.1. The topological polar surface area (TPSA) is 6.48 Å². The molecule has 0 aromatic rings. The van der Waals surface area contributed by atoms with Gasteiger partial charge in [0.05, 0.1) is 0 Å². The molecule has 0 bridgehead atoms. The molecule has 0 radical (unpaired) electrons. The zero-order valence-corrected chi connectivity index (χ0v) is 10.2. The lowest BCUT2D eigenvalue weighted by molar-refractivity contribution is 0.574. The number of hydrogen-bond acceptors (Lipinski definition) is 2. The second kappa shape index (κ2) is 6.31. The van der Waals surface area contributed by atoms with Crippen molar-refractivity contribution in [1.82, 2.24) is 9.34 Å². The maximum Gasteiger partial charge on any atom is 0.0387 e. The predicted molar refractivity (Wildman–Crippen MR) is 58.3 cm³/mol. The molecule has 0 heterocycles. The van der Waals surface area contributed by atoms with Crippen molar-refractivity contribution in [2.45, 2.75) is 0 Å². The molecule has 0 rings (SSSR count). The molecule has 1 unspecified atom stereocenters. The molecule has 0 aliphatic heterocycles. The van der Waals surface area contributed by atoms with Gasteiger partial charge in [-0.15, -0.1) is 8.58 Å². The van der Waals surface area contributed by atoms with Gasteiger partial charge < -0.3 is 0 Å². The van der Waals surface area contributed by atoms with Crippen molar-refractivity contribution in [1.29, 1.82) is 0 Å². The Bertz CT molecular complexity index is 88.4. The fourth-order valence-corrected chi connectivity index (χ4v) is 4.18. The minimum absolute atomic E-state index is 0.0109. The van der Waals surface area contributed by atoms with Gasteiger partial charge in [-0.1, -0.05) is 0 Å². The van der Waals surface area contributed by atoms with Crippen LogP contribution in [0.1, 0.15) is 0 Å². The van der Waals surface area contributed by atoms with Gasteiger partial charge >= 0.3 is 0 Å². The molecule has 0 aliphatic rings. The first kappa shape index (κ1) is 11.8. The average molecular weight is 194 g/mol. The fraction of sp³-hybridized carbons (Fsp3) is 1.00. The Balaban J connectivity index is 3.70. The molecule has 68 valence electrons.